The van der Waals surface area contributed by atoms with Gasteiger partial charge >= 0.3 is 5.97 Å². The number of hydrogen-bond acceptors (Lipinski definition) is 5. The Morgan fingerprint density at radius 2 is 2.00 bits per heavy atom. The predicted molar refractivity (Wildman–Crippen MR) is 101 cm³/mol. The number of unbranched alkanes of at least 4 members (excludes halogenated alkanes) is 1. The third-order valence-corrected chi connectivity index (χ3v) is 5.58. The molecule has 1 aliphatic carbocycles. The molecule has 0 radical (unpaired) electrons. The van der Waals surface area contributed by atoms with Gasteiger partial charge in [0.25, 0.3) is 0 Å². The van der Waals surface area contributed by atoms with Crippen LogP contribution in [0.1, 0.15) is 40.0 Å². The van der Waals surface area contributed by atoms with Crippen LogP contribution in [0.25, 0.3) is 0 Å². The summed E-state index contributed by atoms with van der Waals surface area (Å²) in [6.45, 7) is 6.41. The number of ether oxygens (including phenoxy) is 1. The molecule has 0 aromatic heterocycles. The molecule has 1 heterocycles. The van der Waals surface area contributed by atoms with Gasteiger partial charge in [-0.1, -0.05) is 32.4 Å². The normalized spacial score (nSPS) is 29.6. The Morgan fingerprint density at radius 3 is 2.59 bits per heavy atom. The van der Waals surface area contributed by atoms with E-state index in [2.05, 4.69) is 5.32 Å². The quantitative estimate of drug-likeness (QED) is 0.355. The Labute approximate surface area is 161 Å². The van der Waals surface area contributed by atoms with E-state index in [1.165, 1.54) is 4.90 Å². The number of aliphatic hydroxyl groups excluding tert-OH is 1. The summed E-state index contributed by atoms with van der Waals surface area (Å²) in [6, 6.07) is -0.697. The van der Waals surface area contributed by atoms with E-state index >= 15 is 0 Å². The molecule has 2 N–H and O–H groups in total. The summed E-state index contributed by atoms with van der Waals surface area (Å²) in [6.07, 6.45) is 6.39. The van der Waals surface area contributed by atoms with Crippen molar-refractivity contribution >= 4 is 17.8 Å². The molecule has 27 heavy (non-hydrogen) atoms. The van der Waals surface area contributed by atoms with Gasteiger partial charge in [-0.2, -0.15) is 0 Å². The van der Waals surface area contributed by atoms with Crippen LogP contribution in [-0.4, -0.2) is 60.1 Å². The van der Waals surface area contributed by atoms with Crippen molar-refractivity contribution in [1.29, 1.82) is 0 Å². The lowest BCUT2D eigenvalue weighted by Crippen LogP contribution is -2.48. The van der Waals surface area contributed by atoms with Gasteiger partial charge in [-0.05, 0) is 25.7 Å². The van der Waals surface area contributed by atoms with Crippen LogP contribution >= 0.6 is 0 Å². The second-order valence-corrected chi connectivity index (χ2v) is 7.18. The van der Waals surface area contributed by atoms with Gasteiger partial charge in [-0.25, -0.2) is 0 Å². The summed E-state index contributed by atoms with van der Waals surface area (Å²) in [7, 11) is 0. The summed E-state index contributed by atoms with van der Waals surface area (Å²) < 4.78 is 5.25. The lowest BCUT2D eigenvalue weighted by molar-refractivity contribution is -0.155. The second kappa shape index (κ2) is 9.88. The van der Waals surface area contributed by atoms with E-state index in [-0.39, 0.29) is 49.4 Å². The minimum Gasteiger partial charge on any atom is -0.466 e. The number of esters is 1. The van der Waals surface area contributed by atoms with Gasteiger partial charge in [0.05, 0.1) is 25.0 Å². The van der Waals surface area contributed by atoms with Gasteiger partial charge in [0, 0.05) is 19.0 Å². The molecule has 7 heteroatoms. The average Bonchev–Trinajstić information content (AvgIpc) is 2.93. The first-order valence-corrected chi connectivity index (χ1v) is 10.1. The third-order valence-electron chi connectivity index (χ3n) is 5.58. The number of amides is 2. The summed E-state index contributed by atoms with van der Waals surface area (Å²) in [5.74, 6) is -2.53. The first-order valence-electron chi connectivity index (χ1n) is 10.1. The van der Waals surface area contributed by atoms with Gasteiger partial charge in [-0.15, -0.1) is 0 Å². The number of carbonyl (C=O) groups excluding carboxylic acids is 3. The van der Waals surface area contributed by atoms with E-state index in [1.54, 1.807) is 6.92 Å². The highest BCUT2D eigenvalue weighted by Gasteiger charge is 2.57. The van der Waals surface area contributed by atoms with Crippen molar-refractivity contribution < 1.29 is 24.2 Å². The first kappa shape index (κ1) is 21.4. The molecular weight excluding hydrogens is 348 g/mol. The Morgan fingerprint density at radius 1 is 1.26 bits per heavy atom. The largest absolute Gasteiger partial charge is 0.466 e. The molecule has 1 fully saturated rings. The molecule has 1 aliphatic heterocycles. The van der Waals surface area contributed by atoms with Crippen molar-refractivity contribution in [2.45, 2.75) is 46.1 Å². The van der Waals surface area contributed by atoms with Crippen molar-refractivity contribution in [1.82, 2.24) is 10.2 Å². The highest BCUT2D eigenvalue weighted by molar-refractivity contribution is 5.96. The van der Waals surface area contributed by atoms with Crippen LogP contribution in [0.5, 0.6) is 0 Å². The standard InChI is InChI=1S/C20H32N2O5/c1-4-7-10-21-18(24)17-14-9-8-13(5-2)15(20(26)27-6-3)16(14)19(25)22(17)11-12-23/h8-9,13-17,23H,4-7,10-12H2,1-3H3,(H,21,24)/t13-,14+,15-,16-,17+/m1/s1. The minimum atomic E-state index is -0.697. The molecule has 0 spiro atoms. The zero-order valence-electron chi connectivity index (χ0n) is 16.5. The molecule has 0 bridgehead atoms. The Hall–Kier alpha value is -1.89. The van der Waals surface area contributed by atoms with Crippen molar-refractivity contribution in [3.8, 4) is 0 Å². The number of allylic oxidation sites excluding steroid dienone is 1. The summed E-state index contributed by atoms with van der Waals surface area (Å²) >= 11 is 0. The summed E-state index contributed by atoms with van der Waals surface area (Å²) in [4.78, 5) is 40.0. The highest BCUT2D eigenvalue weighted by atomic mass is 16.5. The molecule has 7 nitrogen and oxygen atoms in total. The molecule has 0 saturated carbocycles. The van der Waals surface area contributed by atoms with E-state index < -0.39 is 17.9 Å². The zero-order valence-corrected chi connectivity index (χ0v) is 16.5. The molecule has 5 atom stereocenters. The molecule has 2 aliphatic rings. The molecule has 0 aromatic rings. The topological polar surface area (TPSA) is 95.9 Å². The number of likely N-dealkylation sites (tertiary alicyclic amines) is 1. The van der Waals surface area contributed by atoms with Crippen LogP contribution in [0.15, 0.2) is 12.2 Å². The SMILES string of the molecule is CCCCNC(=O)[C@@H]1[C@H]2C=C[C@@H](CC)[C@@H](C(=O)OCC)[C@@H]2C(=O)N1CCO. The van der Waals surface area contributed by atoms with Gasteiger partial charge < -0.3 is 20.1 Å². The lowest BCUT2D eigenvalue weighted by Gasteiger charge is -2.33. The van der Waals surface area contributed by atoms with Crippen LogP contribution in [-0.2, 0) is 19.1 Å². The van der Waals surface area contributed by atoms with Gasteiger partial charge in [0.1, 0.15) is 6.04 Å². The number of β-amino-alcohol motifs (C(OH)–C–C–N with tert-alkyl or cyclic N) is 1. The fourth-order valence-electron chi connectivity index (χ4n) is 4.29. The third kappa shape index (κ3) is 4.34. The van der Waals surface area contributed by atoms with Crippen LogP contribution in [0.4, 0.5) is 0 Å². The molecule has 0 aromatic carbocycles. The average molecular weight is 380 g/mol. The number of nitrogens with zero attached hydrogens (tertiary/aromatic N) is 1. The van der Waals surface area contributed by atoms with E-state index in [0.29, 0.717) is 13.0 Å². The Kier molecular flexibility index (Phi) is 7.83. The maximum absolute atomic E-state index is 13.1. The van der Waals surface area contributed by atoms with Crippen molar-refractivity contribution in [3.63, 3.8) is 0 Å². The van der Waals surface area contributed by atoms with Crippen LogP contribution in [0, 0.1) is 23.7 Å². The lowest BCUT2D eigenvalue weighted by atomic mass is 9.69. The van der Waals surface area contributed by atoms with E-state index in [1.807, 2.05) is 26.0 Å². The smallest absolute Gasteiger partial charge is 0.310 e. The van der Waals surface area contributed by atoms with Gasteiger partial charge in [-0.3, -0.25) is 14.4 Å². The Balaban J connectivity index is 2.35. The predicted octanol–water partition coefficient (Wildman–Crippen LogP) is 1.11. The monoisotopic (exact) mass is 380 g/mol. The fourth-order valence-corrected chi connectivity index (χ4v) is 4.29. The van der Waals surface area contributed by atoms with E-state index in [4.69, 9.17) is 4.74 Å². The van der Waals surface area contributed by atoms with Crippen LogP contribution in [0.3, 0.4) is 0 Å². The maximum atomic E-state index is 13.1. The van der Waals surface area contributed by atoms with E-state index in [0.717, 1.165) is 12.8 Å². The molecule has 0 unspecified atom stereocenters. The molecular formula is C20H32N2O5. The number of nitrogens with one attached hydrogen (secondary N) is 1. The molecule has 1 saturated heterocycles. The molecule has 2 rings (SSSR count). The maximum Gasteiger partial charge on any atom is 0.310 e. The highest BCUT2D eigenvalue weighted by Crippen LogP contribution is 2.45. The van der Waals surface area contributed by atoms with Crippen molar-refractivity contribution in [3.05, 3.63) is 12.2 Å². The van der Waals surface area contributed by atoms with Crippen LogP contribution < -0.4 is 5.32 Å². The fraction of sp³-hybridized carbons (Fsp3) is 0.750. The van der Waals surface area contributed by atoms with E-state index in [9.17, 15) is 19.5 Å². The molecule has 2 amide bonds. The molecule has 152 valence electrons. The zero-order chi connectivity index (χ0) is 20.0. The minimum absolute atomic E-state index is 0.0812. The number of aliphatic hydroxyl groups is 1. The number of carbonyl (C=O) groups is 3. The number of rotatable bonds is 9. The van der Waals surface area contributed by atoms with Crippen molar-refractivity contribution in [2.75, 3.05) is 26.3 Å². The Bertz CT molecular complexity index is 577. The van der Waals surface area contributed by atoms with Gasteiger partial charge in [0.15, 0.2) is 0 Å². The van der Waals surface area contributed by atoms with Gasteiger partial charge in [0.2, 0.25) is 11.8 Å². The summed E-state index contributed by atoms with van der Waals surface area (Å²) in [5.41, 5.74) is 0. The second-order valence-electron chi connectivity index (χ2n) is 7.18. The van der Waals surface area contributed by atoms with Crippen LogP contribution in [0.2, 0.25) is 0 Å². The summed E-state index contributed by atoms with van der Waals surface area (Å²) in [5, 5.41) is 12.3. The first-order chi connectivity index (χ1) is 13.0. The number of fused-ring (bicyclic) bond motifs is 1. The van der Waals surface area contributed by atoms with Crippen molar-refractivity contribution in [2.24, 2.45) is 23.7 Å². The number of hydrogen-bond donors (Lipinski definition) is 2.